The Kier molecular flexibility index (Phi) is 4.91. The van der Waals surface area contributed by atoms with Gasteiger partial charge in [-0.2, -0.15) is 0 Å². The number of benzene rings is 2. The zero-order valence-corrected chi connectivity index (χ0v) is 15.7. The number of carbonyl (C=O) groups is 2. The van der Waals surface area contributed by atoms with Gasteiger partial charge in [0, 0.05) is 18.6 Å². The molecule has 12 heteroatoms. The molecular weight excluding hydrogens is 419 g/mol. The first-order chi connectivity index (χ1) is 14.3. The summed E-state index contributed by atoms with van der Waals surface area (Å²) in [4.78, 5) is 36.2. The predicted octanol–water partition coefficient (Wildman–Crippen LogP) is 2.91. The van der Waals surface area contributed by atoms with Gasteiger partial charge in [-0.15, -0.1) is 10.2 Å². The molecule has 2 aromatic carbocycles. The van der Waals surface area contributed by atoms with E-state index in [0.717, 1.165) is 47.0 Å². The molecule has 1 fully saturated rings. The van der Waals surface area contributed by atoms with Crippen molar-refractivity contribution in [3.8, 4) is 17.2 Å². The van der Waals surface area contributed by atoms with Crippen LogP contribution in [0.3, 0.4) is 0 Å². The largest absolute Gasteiger partial charge is 0.507 e. The summed E-state index contributed by atoms with van der Waals surface area (Å²) in [6, 6.07) is 8.28. The second-order valence-corrected chi connectivity index (χ2v) is 7.34. The minimum atomic E-state index is -0.838. The fraction of sp³-hybridized carbons (Fsp3) is 0.111. The quantitative estimate of drug-likeness (QED) is 0.367. The van der Waals surface area contributed by atoms with Crippen molar-refractivity contribution in [3.05, 3.63) is 58.4 Å². The van der Waals surface area contributed by atoms with E-state index in [1.54, 1.807) is 0 Å². The molecule has 1 aromatic heterocycles. The van der Waals surface area contributed by atoms with Gasteiger partial charge >= 0.3 is 0 Å². The first-order valence-corrected chi connectivity index (χ1v) is 9.32. The number of aromatic nitrogens is 2. The average molecular weight is 430 g/mol. The van der Waals surface area contributed by atoms with E-state index >= 15 is 0 Å². The molecule has 10 nitrogen and oxygen atoms in total. The topological polar surface area (TPSA) is 140 Å². The van der Waals surface area contributed by atoms with E-state index in [1.807, 2.05) is 0 Å². The van der Waals surface area contributed by atoms with Crippen LogP contribution in [0, 0.1) is 15.9 Å². The Hall–Kier alpha value is -3.80. The van der Waals surface area contributed by atoms with Crippen LogP contribution in [0.5, 0.6) is 5.75 Å². The second kappa shape index (κ2) is 7.55. The summed E-state index contributed by atoms with van der Waals surface area (Å²) in [5.74, 6) is -1.94. The van der Waals surface area contributed by atoms with Crippen LogP contribution in [0.2, 0.25) is 0 Å². The van der Waals surface area contributed by atoms with Crippen molar-refractivity contribution >= 4 is 35.0 Å². The van der Waals surface area contributed by atoms with Crippen LogP contribution in [0.1, 0.15) is 6.42 Å². The monoisotopic (exact) mass is 430 g/mol. The van der Waals surface area contributed by atoms with Gasteiger partial charge in [0.1, 0.15) is 16.8 Å². The highest BCUT2D eigenvalue weighted by atomic mass is 32.2. The van der Waals surface area contributed by atoms with Crippen LogP contribution in [0.25, 0.3) is 11.5 Å². The average Bonchev–Trinajstić information content (AvgIpc) is 3.27. The Morgan fingerprint density at radius 2 is 1.93 bits per heavy atom. The number of aromatic hydroxyl groups is 1. The molecule has 2 amide bonds. The van der Waals surface area contributed by atoms with Gasteiger partial charge in [-0.25, -0.2) is 9.29 Å². The molecule has 1 saturated heterocycles. The number of carbonyl (C=O) groups excluding carboxylic acids is 2. The number of thioether (sulfide) groups is 1. The summed E-state index contributed by atoms with van der Waals surface area (Å²) in [6.07, 6.45) is -0.124. The number of nitro benzene ring substituents is 1. The number of nitro groups is 1. The SMILES string of the molecule is O=C1CC(Sc2nnc(-c3cc([N+](=O)[O-])ccc3O)o2)C(=O)N1c1ccc(F)cc1. The van der Waals surface area contributed by atoms with Crippen molar-refractivity contribution in [1.82, 2.24) is 10.2 Å². The fourth-order valence-corrected chi connectivity index (χ4v) is 3.74. The van der Waals surface area contributed by atoms with Gasteiger partial charge in [0.25, 0.3) is 16.8 Å². The lowest BCUT2D eigenvalue weighted by Crippen LogP contribution is -2.31. The number of hydrogen-bond acceptors (Lipinski definition) is 9. The molecule has 1 atom stereocenters. The molecule has 152 valence electrons. The van der Waals surface area contributed by atoms with E-state index in [-0.39, 0.29) is 40.2 Å². The molecule has 2 heterocycles. The Balaban J connectivity index is 1.54. The van der Waals surface area contributed by atoms with Gasteiger partial charge in [0.2, 0.25) is 11.8 Å². The lowest BCUT2D eigenvalue weighted by Gasteiger charge is -2.14. The van der Waals surface area contributed by atoms with Crippen molar-refractivity contribution in [2.45, 2.75) is 16.9 Å². The van der Waals surface area contributed by atoms with Crippen LogP contribution >= 0.6 is 11.8 Å². The number of rotatable bonds is 5. The highest BCUT2D eigenvalue weighted by molar-refractivity contribution is 8.00. The minimum absolute atomic E-state index is 0.0367. The third-order valence-corrected chi connectivity index (χ3v) is 5.28. The van der Waals surface area contributed by atoms with E-state index in [1.165, 1.54) is 12.1 Å². The van der Waals surface area contributed by atoms with Crippen molar-refractivity contribution in [2.75, 3.05) is 4.90 Å². The summed E-state index contributed by atoms with van der Waals surface area (Å²) >= 11 is 0.855. The fourth-order valence-electron chi connectivity index (χ4n) is 2.85. The maximum atomic E-state index is 13.1. The van der Waals surface area contributed by atoms with Gasteiger partial charge in [0.05, 0.1) is 16.2 Å². The summed E-state index contributed by atoms with van der Waals surface area (Å²) in [5.41, 5.74) is -0.0609. The third kappa shape index (κ3) is 3.59. The summed E-state index contributed by atoms with van der Waals surface area (Å²) < 4.78 is 18.5. The van der Waals surface area contributed by atoms with Crippen LogP contribution < -0.4 is 4.90 Å². The summed E-state index contributed by atoms with van der Waals surface area (Å²) in [7, 11) is 0. The minimum Gasteiger partial charge on any atom is -0.507 e. The number of anilines is 1. The Morgan fingerprint density at radius 3 is 2.63 bits per heavy atom. The molecule has 4 rings (SSSR count). The number of nitrogens with zero attached hydrogens (tertiary/aromatic N) is 4. The highest BCUT2D eigenvalue weighted by Crippen LogP contribution is 2.36. The van der Waals surface area contributed by atoms with E-state index in [4.69, 9.17) is 4.42 Å². The van der Waals surface area contributed by atoms with Crippen molar-refractivity contribution in [2.24, 2.45) is 0 Å². The van der Waals surface area contributed by atoms with Gasteiger partial charge in [-0.05, 0) is 30.3 Å². The van der Waals surface area contributed by atoms with Crippen LogP contribution in [0.15, 0.2) is 52.1 Å². The van der Waals surface area contributed by atoms with Crippen LogP contribution in [0.4, 0.5) is 15.8 Å². The summed E-state index contributed by atoms with van der Waals surface area (Å²) in [5, 5.41) is 27.5. The van der Waals surface area contributed by atoms with E-state index in [9.17, 15) is 29.2 Å². The van der Waals surface area contributed by atoms with E-state index in [2.05, 4.69) is 10.2 Å². The maximum Gasteiger partial charge on any atom is 0.277 e. The molecule has 0 aliphatic carbocycles. The van der Waals surface area contributed by atoms with Gasteiger partial charge < -0.3 is 9.52 Å². The zero-order valence-electron chi connectivity index (χ0n) is 14.9. The molecular formula is C18H11FN4O6S. The first-order valence-electron chi connectivity index (χ1n) is 8.44. The molecule has 0 radical (unpaired) electrons. The number of non-ortho nitro benzene ring substituents is 1. The molecule has 1 aliphatic heterocycles. The normalized spacial score (nSPS) is 16.3. The number of phenols is 1. The number of hydrogen-bond donors (Lipinski definition) is 1. The number of phenolic OH excluding ortho intramolecular Hbond substituents is 1. The molecule has 1 N–H and O–H groups in total. The molecule has 3 aromatic rings. The second-order valence-electron chi connectivity index (χ2n) is 6.19. The van der Waals surface area contributed by atoms with E-state index in [0.29, 0.717) is 0 Å². The lowest BCUT2D eigenvalue weighted by molar-refractivity contribution is -0.384. The Morgan fingerprint density at radius 1 is 1.20 bits per heavy atom. The van der Waals surface area contributed by atoms with E-state index < -0.39 is 27.8 Å². The van der Waals surface area contributed by atoms with Gasteiger partial charge in [-0.1, -0.05) is 11.8 Å². The standard InChI is InChI=1S/C18H11FN4O6S/c19-9-1-3-10(4-2-9)22-15(25)8-14(17(22)26)30-18-21-20-16(29-18)12-7-11(23(27)28)5-6-13(12)24/h1-7,14,24H,8H2. The number of halogens is 1. The lowest BCUT2D eigenvalue weighted by atomic mass is 10.2. The summed E-state index contributed by atoms with van der Waals surface area (Å²) in [6.45, 7) is 0. The molecule has 30 heavy (non-hydrogen) atoms. The first kappa shape index (κ1) is 19.5. The van der Waals surface area contributed by atoms with Crippen molar-refractivity contribution < 1.29 is 28.4 Å². The third-order valence-electron chi connectivity index (χ3n) is 4.26. The molecule has 0 saturated carbocycles. The van der Waals surface area contributed by atoms with Crippen LogP contribution in [-0.4, -0.2) is 37.3 Å². The Labute approximate surface area is 171 Å². The predicted molar refractivity (Wildman–Crippen MR) is 101 cm³/mol. The maximum absolute atomic E-state index is 13.1. The Bertz CT molecular complexity index is 1170. The number of imide groups is 1. The van der Waals surface area contributed by atoms with Crippen LogP contribution in [-0.2, 0) is 9.59 Å². The highest BCUT2D eigenvalue weighted by Gasteiger charge is 2.41. The van der Waals surface area contributed by atoms with Crippen molar-refractivity contribution in [3.63, 3.8) is 0 Å². The van der Waals surface area contributed by atoms with Gasteiger partial charge in [0.15, 0.2) is 0 Å². The smallest absolute Gasteiger partial charge is 0.277 e. The molecule has 0 bridgehead atoms. The van der Waals surface area contributed by atoms with Gasteiger partial charge in [-0.3, -0.25) is 19.7 Å². The molecule has 0 spiro atoms. The zero-order chi connectivity index (χ0) is 21.4. The molecule has 1 aliphatic rings. The molecule has 1 unspecified atom stereocenters. The number of amides is 2. The van der Waals surface area contributed by atoms with Crippen molar-refractivity contribution in [1.29, 1.82) is 0 Å².